The van der Waals surface area contributed by atoms with Crippen molar-refractivity contribution in [3.05, 3.63) is 80.9 Å². The Morgan fingerprint density at radius 3 is 2.80 bits per heavy atom. The van der Waals surface area contributed by atoms with Gasteiger partial charge in [-0.05, 0) is 24.6 Å². The standard InChI is InChI=1S/C17H17N5O3/c1-11(13-5-2-3-6-14(13)22-8-4-7-19-22)20-15(23)9-12-10-18-17(25)21-16(12)24/h2-8,10-11H,9H2,1H3,(H,20,23)(H2,18,21,24,25)/t11-/m0/s1. The van der Waals surface area contributed by atoms with E-state index in [0.717, 1.165) is 11.3 Å². The normalized spacial score (nSPS) is 11.9. The topological polar surface area (TPSA) is 113 Å². The number of amides is 1. The predicted octanol–water partition coefficient (Wildman–Crippen LogP) is 0.669. The minimum Gasteiger partial charge on any atom is -0.349 e. The smallest absolute Gasteiger partial charge is 0.325 e. The average Bonchev–Trinajstić information content (AvgIpc) is 3.12. The van der Waals surface area contributed by atoms with Gasteiger partial charge in [0.15, 0.2) is 0 Å². The Morgan fingerprint density at radius 1 is 1.28 bits per heavy atom. The molecule has 8 heteroatoms. The Hall–Kier alpha value is -3.42. The molecule has 0 bridgehead atoms. The molecule has 3 aromatic rings. The molecule has 2 aromatic heterocycles. The maximum Gasteiger partial charge on any atom is 0.325 e. The number of para-hydroxylation sites is 1. The highest BCUT2D eigenvalue weighted by Gasteiger charge is 2.15. The minimum atomic E-state index is -0.601. The third-order valence-electron chi connectivity index (χ3n) is 3.78. The molecule has 1 amide bonds. The van der Waals surface area contributed by atoms with Gasteiger partial charge in [-0.1, -0.05) is 18.2 Å². The van der Waals surface area contributed by atoms with Crippen molar-refractivity contribution in [1.29, 1.82) is 0 Å². The molecule has 0 aliphatic rings. The predicted molar refractivity (Wildman–Crippen MR) is 91.5 cm³/mol. The first-order valence-corrected chi connectivity index (χ1v) is 7.74. The number of aromatic nitrogens is 4. The molecule has 0 unspecified atom stereocenters. The molecule has 0 saturated heterocycles. The van der Waals surface area contributed by atoms with E-state index in [0.29, 0.717) is 0 Å². The van der Waals surface area contributed by atoms with Crippen LogP contribution in [0.3, 0.4) is 0 Å². The van der Waals surface area contributed by atoms with Gasteiger partial charge in [-0.3, -0.25) is 14.6 Å². The molecule has 0 radical (unpaired) electrons. The maximum absolute atomic E-state index is 12.3. The molecule has 0 saturated carbocycles. The summed E-state index contributed by atoms with van der Waals surface area (Å²) in [5, 5.41) is 7.09. The molecule has 3 N–H and O–H groups in total. The van der Waals surface area contributed by atoms with Crippen molar-refractivity contribution in [3.8, 4) is 5.69 Å². The van der Waals surface area contributed by atoms with Crippen LogP contribution in [0.2, 0.25) is 0 Å². The lowest BCUT2D eigenvalue weighted by atomic mass is 10.1. The van der Waals surface area contributed by atoms with Crippen molar-refractivity contribution in [2.45, 2.75) is 19.4 Å². The highest BCUT2D eigenvalue weighted by molar-refractivity contribution is 5.79. The van der Waals surface area contributed by atoms with E-state index in [-0.39, 0.29) is 23.9 Å². The number of aromatic amines is 2. The fourth-order valence-electron chi connectivity index (χ4n) is 2.59. The number of rotatable bonds is 5. The molecule has 2 heterocycles. The van der Waals surface area contributed by atoms with Crippen molar-refractivity contribution >= 4 is 5.91 Å². The van der Waals surface area contributed by atoms with E-state index < -0.39 is 11.2 Å². The highest BCUT2D eigenvalue weighted by Crippen LogP contribution is 2.20. The Balaban J connectivity index is 1.76. The summed E-state index contributed by atoms with van der Waals surface area (Å²) in [6.07, 6.45) is 4.64. The molecule has 0 aliphatic heterocycles. The van der Waals surface area contributed by atoms with Gasteiger partial charge in [-0.15, -0.1) is 0 Å². The lowest BCUT2D eigenvalue weighted by Gasteiger charge is -2.18. The number of H-pyrrole nitrogens is 2. The number of nitrogens with zero attached hydrogens (tertiary/aromatic N) is 2. The molecule has 8 nitrogen and oxygen atoms in total. The zero-order chi connectivity index (χ0) is 17.8. The molecule has 3 rings (SSSR count). The first kappa shape index (κ1) is 16.4. The minimum absolute atomic E-state index is 0.125. The molecule has 0 spiro atoms. The summed E-state index contributed by atoms with van der Waals surface area (Å²) in [5.41, 5.74) is 0.793. The summed E-state index contributed by atoms with van der Waals surface area (Å²) in [6.45, 7) is 1.86. The molecule has 0 fully saturated rings. The molecular formula is C17H17N5O3. The van der Waals surface area contributed by atoms with Gasteiger partial charge < -0.3 is 10.3 Å². The Bertz CT molecular complexity index is 988. The van der Waals surface area contributed by atoms with Crippen LogP contribution >= 0.6 is 0 Å². The van der Waals surface area contributed by atoms with Crippen LogP contribution in [0.1, 0.15) is 24.1 Å². The van der Waals surface area contributed by atoms with Crippen molar-refractivity contribution in [3.63, 3.8) is 0 Å². The summed E-state index contributed by atoms with van der Waals surface area (Å²) >= 11 is 0. The van der Waals surface area contributed by atoms with Crippen LogP contribution in [-0.2, 0) is 11.2 Å². The number of nitrogens with one attached hydrogen (secondary N) is 3. The Labute approximate surface area is 142 Å². The van der Waals surface area contributed by atoms with Crippen molar-refractivity contribution in [1.82, 2.24) is 25.1 Å². The molecule has 1 aromatic carbocycles. The van der Waals surface area contributed by atoms with Gasteiger partial charge in [-0.2, -0.15) is 5.10 Å². The Kier molecular flexibility index (Phi) is 4.60. The van der Waals surface area contributed by atoms with Gasteiger partial charge in [0.05, 0.1) is 18.2 Å². The number of hydrogen-bond acceptors (Lipinski definition) is 4. The quantitative estimate of drug-likeness (QED) is 0.634. The number of carbonyl (C=O) groups is 1. The second kappa shape index (κ2) is 7.00. The summed E-state index contributed by atoms with van der Waals surface area (Å²) in [5.74, 6) is -0.319. The van der Waals surface area contributed by atoms with Gasteiger partial charge in [0, 0.05) is 24.2 Å². The van der Waals surface area contributed by atoms with E-state index in [2.05, 4.69) is 20.4 Å². The van der Waals surface area contributed by atoms with E-state index in [9.17, 15) is 14.4 Å². The SMILES string of the molecule is C[C@H](NC(=O)Cc1c[nH]c(=O)[nH]c1=O)c1ccccc1-n1cccn1. The van der Waals surface area contributed by atoms with Gasteiger partial charge >= 0.3 is 5.69 Å². The first-order chi connectivity index (χ1) is 12.0. The summed E-state index contributed by atoms with van der Waals surface area (Å²) in [7, 11) is 0. The van der Waals surface area contributed by atoms with Crippen LogP contribution in [0.25, 0.3) is 5.69 Å². The second-order valence-corrected chi connectivity index (χ2v) is 5.57. The van der Waals surface area contributed by atoms with Crippen LogP contribution in [0.5, 0.6) is 0 Å². The summed E-state index contributed by atoms with van der Waals surface area (Å²) in [4.78, 5) is 39.4. The molecule has 1 atom stereocenters. The number of hydrogen-bond donors (Lipinski definition) is 3. The van der Waals surface area contributed by atoms with Crippen molar-refractivity contribution < 1.29 is 4.79 Å². The second-order valence-electron chi connectivity index (χ2n) is 5.57. The van der Waals surface area contributed by atoms with Crippen LogP contribution in [0.15, 0.2) is 58.5 Å². The largest absolute Gasteiger partial charge is 0.349 e. The number of benzene rings is 1. The van der Waals surface area contributed by atoms with Gasteiger partial charge in [0.1, 0.15) is 0 Å². The third kappa shape index (κ3) is 3.74. The zero-order valence-electron chi connectivity index (χ0n) is 13.5. The van der Waals surface area contributed by atoms with Crippen LogP contribution in [0.4, 0.5) is 0 Å². The molecule has 128 valence electrons. The first-order valence-electron chi connectivity index (χ1n) is 7.74. The van der Waals surface area contributed by atoms with E-state index in [1.807, 2.05) is 43.5 Å². The average molecular weight is 339 g/mol. The van der Waals surface area contributed by atoms with E-state index in [4.69, 9.17) is 0 Å². The third-order valence-corrected chi connectivity index (χ3v) is 3.78. The summed E-state index contributed by atoms with van der Waals surface area (Å²) < 4.78 is 1.73. The fraction of sp³-hybridized carbons (Fsp3) is 0.176. The van der Waals surface area contributed by atoms with Crippen molar-refractivity contribution in [2.24, 2.45) is 0 Å². The maximum atomic E-state index is 12.3. The zero-order valence-corrected chi connectivity index (χ0v) is 13.5. The molecule has 0 aliphatic carbocycles. The van der Waals surface area contributed by atoms with E-state index >= 15 is 0 Å². The van der Waals surface area contributed by atoms with E-state index in [1.165, 1.54) is 6.20 Å². The van der Waals surface area contributed by atoms with E-state index in [1.54, 1.807) is 10.9 Å². The van der Waals surface area contributed by atoms with Gasteiger partial charge in [0.2, 0.25) is 5.91 Å². The van der Waals surface area contributed by atoms with Crippen LogP contribution in [-0.4, -0.2) is 25.7 Å². The number of carbonyl (C=O) groups excluding carboxylic acids is 1. The molecule has 25 heavy (non-hydrogen) atoms. The van der Waals surface area contributed by atoms with Gasteiger partial charge in [0.25, 0.3) is 5.56 Å². The monoisotopic (exact) mass is 339 g/mol. The summed E-state index contributed by atoms with van der Waals surface area (Å²) in [6, 6.07) is 9.15. The van der Waals surface area contributed by atoms with Crippen molar-refractivity contribution in [2.75, 3.05) is 0 Å². The molecular weight excluding hydrogens is 322 g/mol. The lowest BCUT2D eigenvalue weighted by molar-refractivity contribution is -0.121. The van der Waals surface area contributed by atoms with Crippen LogP contribution < -0.4 is 16.6 Å². The van der Waals surface area contributed by atoms with Crippen LogP contribution in [0, 0.1) is 0 Å². The highest BCUT2D eigenvalue weighted by atomic mass is 16.2. The Morgan fingerprint density at radius 2 is 2.08 bits per heavy atom. The van der Waals surface area contributed by atoms with Gasteiger partial charge in [-0.25, -0.2) is 9.48 Å². The lowest BCUT2D eigenvalue weighted by Crippen LogP contribution is -2.32. The fourth-order valence-corrected chi connectivity index (χ4v) is 2.59.